The molecule has 4 heterocycles. The smallest absolute Gasteiger partial charge is 0.280 e. The maximum absolute atomic E-state index is 12.7. The van der Waals surface area contributed by atoms with Crippen LogP contribution in [-0.2, 0) is 14.2 Å². The number of aromatic amines is 1. The lowest BCUT2D eigenvalue weighted by molar-refractivity contribution is -0.285. The Morgan fingerprint density at radius 1 is 1.30 bits per heavy atom. The van der Waals surface area contributed by atoms with E-state index < -0.39 is 42.5 Å². The Kier molecular flexibility index (Phi) is 8.40. The highest BCUT2D eigenvalue weighted by Gasteiger charge is 2.51. The summed E-state index contributed by atoms with van der Waals surface area (Å²) < 4.78 is 20.4. The number of hydrogen-bond donors (Lipinski definition) is 3. The van der Waals surface area contributed by atoms with Crippen LogP contribution < -0.4 is 10.5 Å². The summed E-state index contributed by atoms with van der Waals surface area (Å²) in [6.07, 6.45) is -0.0142. The Labute approximate surface area is 236 Å². The molecule has 0 saturated carbocycles. The first-order valence-corrected chi connectivity index (χ1v) is 13.6. The fraction of sp³-hybridized carbons (Fsp3) is 0.538. The first kappa shape index (κ1) is 28.5. The number of fused-ring (bicyclic) bond motifs is 1. The molecule has 40 heavy (non-hydrogen) atoms. The Hall–Kier alpha value is -3.07. The van der Waals surface area contributed by atoms with Gasteiger partial charge in [0.25, 0.3) is 5.56 Å². The van der Waals surface area contributed by atoms with Crippen LogP contribution in [-0.4, -0.2) is 105 Å². The summed E-state index contributed by atoms with van der Waals surface area (Å²) in [6, 6.07) is 7.66. The lowest BCUT2D eigenvalue weighted by Gasteiger charge is -2.44. The summed E-state index contributed by atoms with van der Waals surface area (Å²) in [7, 11) is 3.59. The number of halogens is 1. The van der Waals surface area contributed by atoms with Crippen LogP contribution in [0.5, 0.6) is 0 Å². The van der Waals surface area contributed by atoms with Gasteiger partial charge in [-0.3, -0.25) is 14.3 Å². The summed E-state index contributed by atoms with van der Waals surface area (Å²) in [5, 5.41) is 21.8. The van der Waals surface area contributed by atoms with Gasteiger partial charge in [-0.15, -0.1) is 0 Å². The minimum Gasteiger partial charge on any atom is -0.394 e. The normalized spacial score (nSPS) is 24.8. The molecule has 0 spiro atoms. The third-order valence-electron chi connectivity index (χ3n) is 7.07. The highest BCUT2D eigenvalue weighted by atomic mass is 35.5. The molecule has 2 aromatic heterocycles. The first-order chi connectivity index (χ1) is 19.2. The predicted molar refractivity (Wildman–Crippen MR) is 149 cm³/mol. The molecule has 216 valence electrons. The molecule has 0 aliphatic carbocycles. The van der Waals surface area contributed by atoms with Crippen molar-refractivity contribution in [2.24, 2.45) is 4.99 Å². The molecule has 14 heteroatoms. The number of nitrogens with one attached hydrogen (secondary N) is 1. The van der Waals surface area contributed by atoms with Crippen molar-refractivity contribution >= 4 is 40.7 Å². The molecule has 5 rings (SSSR count). The average Bonchev–Trinajstić information content (AvgIpc) is 3.49. The SMILES string of the molecule is CCOC1(O[C@@H]2[C@H](O)[C@@H](CO)O[C@H]2n2cnc3c(=O)[nH]c(/N=C/N(C)C)nc32)CCN(c2ccc(Cl)cc2)CC1. The summed E-state index contributed by atoms with van der Waals surface area (Å²) in [4.78, 5) is 32.1. The quantitative estimate of drug-likeness (QED) is 0.195. The largest absolute Gasteiger partial charge is 0.394 e. The second-order valence-electron chi connectivity index (χ2n) is 10.0. The van der Waals surface area contributed by atoms with Crippen molar-refractivity contribution < 1.29 is 24.4 Å². The lowest BCUT2D eigenvalue weighted by atomic mass is 10.0. The molecule has 0 radical (unpaired) electrons. The second kappa shape index (κ2) is 11.8. The molecule has 2 aliphatic heterocycles. The number of ether oxygens (including phenoxy) is 3. The van der Waals surface area contributed by atoms with Gasteiger partial charge in [-0.1, -0.05) is 11.6 Å². The van der Waals surface area contributed by atoms with Crippen LogP contribution >= 0.6 is 11.6 Å². The zero-order valence-electron chi connectivity index (χ0n) is 22.6. The number of aliphatic hydroxyl groups is 2. The number of hydrogen-bond acceptors (Lipinski definition) is 10. The topological polar surface area (TPSA) is 151 Å². The van der Waals surface area contributed by atoms with Crippen molar-refractivity contribution in [2.75, 3.05) is 45.3 Å². The summed E-state index contributed by atoms with van der Waals surface area (Å²) >= 11 is 6.06. The van der Waals surface area contributed by atoms with Gasteiger partial charge in [-0.25, -0.2) is 9.98 Å². The van der Waals surface area contributed by atoms with E-state index in [1.165, 1.54) is 17.2 Å². The molecule has 2 saturated heterocycles. The van der Waals surface area contributed by atoms with Crippen molar-refractivity contribution in [3.63, 3.8) is 0 Å². The monoisotopic (exact) mass is 575 g/mol. The lowest BCUT2D eigenvalue weighted by Crippen LogP contribution is -2.52. The first-order valence-electron chi connectivity index (χ1n) is 13.2. The average molecular weight is 576 g/mol. The van der Waals surface area contributed by atoms with E-state index in [9.17, 15) is 15.0 Å². The maximum Gasteiger partial charge on any atom is 0.280 e. The maximum atomic E-state index is 12.7. The molecule has 2 fully saturated rings. The molecule has 13 nitrogen and oxygen atoms in total. The van der Waals surface area contributed by atoms with Gasteiger partial charge in [0.2, 0.25) is 5.95 Å². The Morgan fingerprint density at radius 2 is 2.02 bits per heavy atom. The van der Waals surface area contributed by atoms with E-state index >= 15 is 0 Å². The molecule has 1 aromatic carbocycles. The number of rotatable bonds is 9. The molecular weight excluding hydrogens is 542 g/mol. The van der Waals surface area contributed by atoms with Crippen LogP contribution in [0.15, 0.2) is 40.4 Å². The van der Waals surface area contributed by atoms with E-state index in [-0.39, 0.29) is 17.1 Å². The van der Waals surface area contributed by atoms with Gasteiger partial charge in [-0.2, -0.15) is 4.98 Å². The van der Waals surface area contributed by atoms with E-state index in [1.807, 2.05) is 31.2 Å². The number of piperidine rings is 1. The Bertz CT molecular complexity index is 1390. The third kappa shape index (κ3) is 5.71. The molecule has 3 N–H and O–H groups in total. The van der Waals surface area contributed by atoms with Gasteiger partial charge in [0.05, 0.1) is 19.3 Å². The van der Waals surface area contributed by atoms with Crippen LogP contribution in [0.4, 0.5) is 11.6 Å². The van der Waals surface area contributed by atoms with Crippen LogP contribution in [0, 0.1) is 0 Å². The van der Waals surface area contributed by atoms with E-state index in [2.05, 4.69) is 24.8 Å². The highest BCUT2D eigenvalue weighted by Crippen LogP contribution is 2.40. The minimum atomic E-state index is -1.17. The molecule has 3 aromatic rings. The van der Waals surface area contributed by atoms with E-state index in [1.54, 1.807) is 19.0 Å². The van der Waals surface area contributed by atoms with Gasteiger partial charge in [0.15, 0.2) is 23.2 Å². The van der Waals surface area contributed by atoms with Gasteiger partial charge in [0.1, 0.15) is 18.3 Å². The van der Waals surface area contributed by atoms with E-state index in [0.29, 0.717) is 37.6 Å². The Balaban J connectivity index is 1.44. The van der Waals surface area contributed by atoms with Crippen molar-refractivity contribution in [1.29, 1.82) is 0 Å². The fourth-order valence-corrected chi connectivity index (χ4v) is 5.24. The van der Waals surface area contributed by atoms with Crippen molar-refractivity contribution in [3.05, 3.63) is 46.0 Å². The minimum absolute atomic E-state index is 0.0861. The molecule has 4 atom stereocenters. The van der Waals surface area contributed by atoms with E-state index in [0.717, 1.165) is 5.69 Å². The number of aliphatic hydroxyl groups excluding tert-OH is 2. The van der Waals surface area contributed by atoms with Gasteiger partial charge < -0.3 is 34.2 Å². The molecule has 2 aliphatic rings. The molecular formula is C26H34ClN7O6. The third-order valence-corrected chi connectivity index (χ3v) is 7.32. The zero-order chi connectivity index (χ0) is 28.4. The van der Waals surface area contributed by atoms with Crippen LogP contribution in [0.3, 0.4) is 0 Å². The van der Waals surface area contributed by atoms with Crippen LogP contribution in [0.1, 0.15) is 26.0 Å². The number of anilines is 1. The molecule has 0 unspecified atom stereocenters. The van der Waals surface area contributed by atoms with Gasteiger partial charge in [0, 0.05) is 57.3 Å². The predicted octanol–water partition coefficient (Wildman–Crippen LogP) is 1.66. The Morgan fingerprint density at radius 3 is 2.67 bits per heavy atom. The fourth-order valence-electron chi connectivity index (χ4n) is 5.12. The molecule has 0 amide bonds. The number of benzene rings is 1. The second-order valence-corrected chi connectivity index (χ2v) is 10.5. The van der Waals surface area contributed by atoms with Crippen LogP contribution in [0.2, 0.25) is 5.02 Å². The number of imidazole rings is 1. The number of nitrogens with zero attached hydrogens (tertiary/aromatic N) is 6. The van der Waals surface area contributed by atoms with Crippen molar-refractivity contribution in [3.8, 4) is 0 Å². The summed E-state index contributed by atoms with van der Waals surface area (Å²) in [6.45, 7) is 3.16. The highest BCUT2D eigenvalue weighted by molar-refractivity contribution is 6.30. The van der Waals surface area contributed by atoms with Crippen LogP contribution in [0.25, 0.3) is 11.2 Å². The standard InChI is InChI=1S/C26H34ClN7O6/c1-4-38-26(9-11-33(12-10-26)17-7-5-16(27)6-8-17)40-21-20(36)18(13-35)39-24(21)34-15-28-19-22(34)30-25(31-23(19)37)29-14-32(2)3/h5-8,14-15,18,20-21,24,35-36H,4,9-13H2,1-3H3,(H,30,31,37)/b29-14+/t18-,20-,21-,24-/m1/s1. The van der Waals surface area contributed by atoms with Crippen molar-refractivity contribution in [1.82, 2.24) is 24.4 Å². The van der Waals surface area contributed by atoms with E-state index in [4.69, 9.17) is 25.8 Å². The summed E-state index contributed by atoms with van der Waals surface area (Å²) in [5.41, 5.74) is 0.876. The zero-order valence-corrected chi connectivity index (χ0v) is 23.4. The molecule has 0 bridgehead atoms. The summed E-state index contributed by atoms with van der Waals surface area (Å²) in [5.74, 6) is -0.916. The van der Waals surface area contributed by atoms with Gasteiger partial charge >= 0.3 is 0 Å². The van der Waals surface area contributed by atoms with Gasteiger partial charge in [-0.05, 0) is 31.2 Å². The number of H-pyrrole nitrogens is 1. The number of aromatic nitrogens is 4. The number of aliphatic imine (C=N–C) groups is 1. The van der Waals surface area contributed by atoms with Crippen molar-refractivity contribution in [2.45, 2.75) is 50.1 Å².